The summed E-state index contributed by atoms with van der Waals surface area (Å²) in [4.78, 5) is 18.5. The molecule has 10 nitrogen and oxygen atoms in total. The molecule has 1 atom stereocenters. The van der Waals surface area contributed by atoms with Gasteiger partial charge in [-0.3, -0.25) is 9.69 Å². The number of ether oxygens (including phenoxy) is 3. The van der Waals surface area contributed by atoms with Crippen LogP contribution in [0.5, 0.6) is 11.5 Å². The van der Waals surface area contributed by atoms with E-state index >= 15 is 0 Å². The summed E-state index contributed by atoms with van der Waals surface area (Å²) in [7, 11) is 0. The topological polar surface area (TPSA) is 107 Å². The summed E-state index contributed by atoms with van der Waals surface area (Å²) in [6, 6.07) is 15.2. The quantitative estimate of drug-likeness (QED) is 0.494. The van der Waals surface area contributed by atoms with Crippen molar-refractivity contribution in [2.75, 3.05) is 33.1 Å². The number of pyridine rings is 1. The summed E-state index contributed by atoms with van der Waals surface area (Å²) in [5.41, 5.74) is 2.16. The van der Waals surface area contributed by atoms with Crippen LogP contribution in [-0.4, -0.2) is 63.2 Å². The van der Waals surface area contributed by atoms with Gasteiger partial charge >= 0.3 is 0 Å². The van der Waals surface area contributed by atoms with Gasteiger partial charge in [-0.1, -0.05) is 30.3 Å². The Morgan fingerprint density at radius 1 is 1.03 bits per heavy atom. The summed E-state index contributed by atoms with van der Waals surface area (Å²) in [5.74, 6) is 1.91. The van der Waals surface area contributed by atoms with Crippen LogP contribution in [0.2, 0.25) is 0 Å². The first-order valence-corrected chi connectivity index (χ1v) is 10.8. The summed E-state index contributed by atoms with van der Waals surface area (Å²) in [5, 5.41) is 13.4. The number of H-pyrrole nitrogens is 1. The molecule has 168 valence electrons. The monoisotopic (exact) mass is 446 g/mol. The van der Waals surface area contributed by atoms with Crippen LogP contribution in [0, 0.1) is 0 Å². The Hall–Kier alpha value is -3.76. The van der Waals surface area contributed by atoms with Gasteiger partial charge in [-0.05, 0) is 28.1 Å². The van der Waals surface area contributed by atoms with Crippen molar-refractivity contribution < 1.29 is 14.2 Å². The molecule has 0 radical (unpaired) electrons. The van der Waals surface area contributed by atoms with Crippen molar-refractivity contribution in [2.45, 2.75) is 12.6 Å². The van der Waals surface area contributed by atoms with Crippen molar-refractivity contribution in [3.05, 3.63) is 75.8 Å². The minimum atomic E-state index is -0.425. The van der Waals surface area contributed by atoms with Crippen LogP contribution in [0.4, 0.5) is 0 Å². The maximum Gasteiger partial charge on any atom is 0.253 e. The van der Waals surface area contributed by atoms with E-state index in [2.05, 4.69) is 25.4 Å². The van der Waals surface area contributed by atoms with E-state index in [-0.39, 0.29) is 12.4 Å². The minimum absolute atomic E-state index is 0.174. The van der Waals surface area contributed by atoms with E-state index < -0.39 is 6.04 Å². The number of fused-ring (bicyclic) bond motifs is 2. The molecule has 0 aliphatic carbocycles. The molecule has 0 saturated carbocycles. The number of morpholine rings is 1. The third-order valence-corrected chi connectivity index (χ3v) is 6.05. The van der Waals surface area contributed by atoms with Crippen molar-refractivity contribution >= 4 is 10.9 Å². The molecule has 2 aromatic heterocycles. The first-order chi connectivity index (χ1) is 16.3. The van der Waals surface area contributed by atoms with Gasteiger partial charge in [-0.2, -0.15) is 0 Å². The van der Waals surface area contributed by atoms with Gasteiger partial charge in [0.05, 0.1) is 25.3 Å². The van der Waals surface area contributed by atoms with Gasteiger partial charge in [0.15, 0.2) is 17.3 Å². The van der Waals surface area contributed by atoms with Crippen LogP contribution in [0.1, 0.15) is 23.0 Å². The Labute approximate surface area is 188 Å². The lowest BCUT2D eigenvalue weighted by molar-refractivity contribution is 0.0214. The van der Waals surface area contributed by atoms with E-state index in [4.69, 9.17) is 14.2 Å². The highest BCUT2D eigenvalue weighted by molar-refractivity contribution is 5.83. The first-order valence-electron chi connectivity index (χ1n) is 10.8. The van der Waals surface area contributed by atoms with Crippen LogP contribution < -0.4 is 15.0 Å². The molecule has 1 fully saturated rings. The standard InChI is InChI=1S/C23H22N6O4/c30-23-17(10-16-11-19-20(33-14-32-19)12-18(16)24-23)21(28-6-8-31-9-7-28)22-25-26-27-29(22)13-15-4-2-1-3-5-15/h1-5,10-12,21H,6-9,13-14H2,(H,24,30). The molecule has 2 aliphatic rings. The summed E-state index contributed by atoms with van der Waals surface area (Å²) in [6.45, 7) is 3.19. The number of rotatable bonds is 5. The van der Waals surface area contributed by atoms with Gasteiger partial charge in [0.2, 0.25) is 6.79 Å². The van der Waals surface area contributed by atoms with Gasteiger partial charge in [-0.15, -0.1) is 5.10 Å². The lowest BCUT2D eigenvalue weighted by Crippen LogP contribution is -2.42. The number of nitrogens with one attached hydrogen (secondary N) is 1. The van der Waals surface area contributed by atoms with Crippen LogP contribution in [0.3, 0.4) is 0 Å². The number of tetrazole rings is 1. The second-order valence-electron chi connectivity index (χ2n) is 8.08. The number of nitrogens with zero attached hydrogens (tertiary/aromatic N) is 5. The predicted octanol–water partition coefficient (Wildman–Crippen LogP) is 1.71. The Morgan fingerprint density at radius 3 is 2.64 bits per heavy atom. The molecule has 1 unspecified atom stereocenters. The predicted molar refractivity (Wildman–Crippen MR) is 118 cm³/mol. The Morgan fingerprint density at radius 2 is 1.82 bits per heavy atom. The number of aromatic nitrogens is 5. The van der Waals surface area contributed by atoms with Crippen molar-refractivity contribution in [3.63, 3.8) is 0 Å². The summed E-state index contributed by atoms with van der Waals surface area (Å²) in [6.07, 6.45) is 0. The fraction of sp³-hybridized carbons (Fsp3) is 0.304. The summed E-state index contributed by atoms with van der Waals surface area (Å²) < 4.78 is 18.3. The molecular formula is C23H22N6O4. The maximum atomic E-state index is 13.3. The Kier molecular flexibility index (Phi) is 5.00. The van der Waals surface area contributed by atoms with Crippen LogP contribution in [0.15, 0.2) is 53.3 Å². The molecule has 2 aliphatic heterocycles. The Bertz CT molecular complexity index is 1350. The summed E-state index contributed by atoms with van der Waals surface area (Å²) >= 11 is 0. The molecule has 0 spiro atoms. The fourth-order valence-electron chi connectivity index (χ4n) is 4.43. The van der Waals surface area contributed by atoms with Crippen LogP contribution in [0.25, 0.3) is 10.9 Å². The lowest BCUT2D eigenvalue weighted by atomic mass is 10.0. The van der Waals surface area contributed by atoms with Gasteiger partial charge < -0.3 is 19.2 Å². The molecule has 10 heteroatoms. The molecule has 4 heterocycles. The zero-order valence-corrected chi connectivity index (χ0v) is 17.8. The number of hydrogen-bond donors (Lipinski definition) is 1. The second-order valence-corrected chi connectivity index (χ2v) is 8.08. The van der Waals surface area contributed by atoms with Gasteiger partial charge in [0.25, 0.3) is 5.56 Å². The third kappa shape index (κ3) is 3.73. The van der Waals surface area contributed by atoms with Crippen molar-refractivity contribution in [2.24, 2.45) is 0 Å². The van der Waals surface area contributed by atoms with Crippen molar-refractivity contribution in [1.82, 2.24) is 30.1 Å². The highest BCUT2D eigenvalue weighted by Gasteiger charge is 2.32. The van der Waals surface area contributed by atoms with Crippen molar-refractivity contribution in [1.29, 1.82) is 0 Å². The van der Waals surface area contributed by atoms with Crippen molar-refractivity contribution in [3.8, 4) is 11.5 Å². The van der Waals surface area contributed by atoms with E-state index in [0.29, 0.717) is 61.3 Å². The van der Waals surface area contributed by atoms with E-state index in [1.165, 1.54) is 0 Å². The SMILES string of the molecule is O=c1[nH]c2cc3c(cc2cc1C(c1nnnn1Cc1ccccc1)N1CCOCC1)OCO3. The molecule has 0 amide bonds. The van der Waals surface area contributed by atoms with Gasteiger partial charge in [0, 0.05) is 30.1 Å². The fourth-order valence-corrected chi connectivity index (χ4v) is 4.43. The van der Waals surface area contributed by atoms with E-state index in [0.717, 1.165) is 10.9 Å². The average molecular weight is 446 g/mol. The van der Waals surface area contributed by atoms with E-state index in [1.807, 2.05) is 42.5 Å². The zero-order chi connectivity index (χ0) is 22.2. The smallest absolute Gasteiger partial charge is 0.253 e. The normalized spacial score (nSPS) is 16.8. The number of aromatic amines is 1. The molecule has 1 saturated heterocycles. The first kappa shape index (κ1) is 19.9. The zero-order valence-electron chi connectivity index (χ0n) is 17.8. The molecule has 6 rings (SSSR count). The molecule has 33 heavy (non-hydrogen) atoms. The molecule has 4 aromatic rings. The van der Waals surface area contributed by atoms with E-state index in [9.17, 15) is 4.79 Å². The third-order valence-electron chi connectivity index (χ3n) is 6.05. The van der Waals surface area contributed by atoms with Crippen LogP contribution in [-0.2, 0) is 11.3 Å². The largest absolute Gasteiger partial charge is 0.454 e. The lowest BCUT2D eigenvalue weighted by Gasteiger charge is -2.33. The average Bonchev–Trinajstić information content (AvgIpc) is 3.49. The second kappa shape index (κ2) is 8.30. The van der Waals surface area contributed by atoms with Gasteiger partial charge in [-0.25, -0.2) is 4.68 Å². The Balaban J connectivity index is 1.47. The minimum Gasteiger partial charge on any atom is -0.454 e. The molecular weight excluding hydrogens is 424 g/mol. The molecule has 2 aromatic carbocycles. The van der Waals surface area contributed by atoms with Crippen LogP contribution >= 0.6 is 0 Å². The number of benzene rings is 2. The molecule has 0 bridgehead atoms. The van der Waals surface area contributed by atoms with E-state index in [1.54, 1.807) is 10.7 Å². The highest BCUT2D eigenvalue weighted by Crippen LogP contribution is 2.36. The molecule has 1 N–H and O–H groups in total. The maximum absolute atomic E-state index is 13.3. The number of hydrogen-bond acceptors (Lipinski definition) is 8. The van der Waals surface area contributed by atoms with Gasteiger partial charge in [0.1, 0.15) is 6.04 Å². The highest BCUT2D eigenvalue weighted by atomic mass is 16.7.